The minimum absolute atomic E-state index is 0.0204. The number of rotatable bonds is 10. The van der Waals surface area contributed by atoms with E-state index in [1.807, 2.05) is 6.07 Å². The lowest BCUT2D eigenvalue weighted by Gasteiger charge is -2.36. The van der Waals surface area contributed by atoms with Gasteiger partial charge < -0.3 is 19.6 Å². The topological polar surface area (TPSA) is 77.2 Å². The Morgan fingerprint density at radius 3 is 2.66 bits per heavy atom. The van der Waals surface area contributed by atoms with Crippen molar-refractivity contribution in [3.8, 4) is 0 Å². The number of guanidine groups is 1. The van der Waals surface area contributed by atoms with Gasteiger partial charge in [-0.2, -0.15) is 0 Å². The molecule has 0 aliphatic carbocycles. The van der Waals surface area contributed by atoms with E-state index < -0.39 is 0 Å². The maximum absolute atomic E-state index is 12.0. The maximum atomic E-state index is 12.0. The SMILES string of the molecule is CCCCC(CC)CNC(=NCC(=O)N(C)C)N1CCN(Cc2ccon2)CC1. The van der Waals surface area contributed by atoms with Gasteiger partial charge in [0.15, 0.2) is 5.96 Å². The van der Waals surface area contributed by atoms with Gasteiger partial charge in [0.05, 0.1) is 5.69 Å². The summed E-state index contributed by atoms with van der Waals surface area (Å²) in [6, 6.07) is 1.91. The lowest BCUT2D eigenvalue weighted by Crippen LogP contribution is -2.53. The van der Waals surface area contributed by atoms with Gasteiger partial charge in [-0.1, -0.05) is 38.3 Å². The monoisotopic (exact) mass is 406 g/mol. The lowest BCUT2D eigenvalue weighted by atomic mass is 9.99. The number of carbonyl (C=O) groups excluding carboxylic acids is 1. The molecule has 1 aliphatic heterocycles. The van der Waals surface area contributed by atoms with Crippen molar-refractivity contribution in [1.82, 2.24) is 25.2 Å². The van der Waals surface area contributed by atoms with E-state index in [0.29, 0.717) is 5.92 Å². The van der Waals surface area contributed by atoms with Crippen LogP contribution in [0.25, 0.3) is 0 Å². The Morgan fingerprint density at radius 2 is 2.07 bits per heavy atom. The highest BCUT2D eigenvalue weighted by Crippen LogP contribution is 2.12. The first kappa shape index (κ1) is 23.2. The Bertz CT molecular complexity index is 609. The smallest absolute Gasteiger partial charge is 0.243 e. The Labute approximate surface area is 175 Å². The van der Waals surface area contributed by atoms with Crippen molar-refractivity contribution < 1.29 is 9.32 Å². The molecule has 0 spiro atoms. The number of carbonyl (C=O) groups is 1. The predicted octanol–water partition coefficient (Wildman–Crippen LogP) is 2.04. The molecule has 8 heteroatoms. The molecule has 0 bridgehead atoms. The van der Waals surface area contributed by atoms with Crippen LogP contribution in [0.15, 0.2) is 21.8 Å². The molecule has 0 radical (unpaired) electrons. The molecule has 1 aromatic rings. The molecule has 8 nitrogen and oxygen atoms in total. The standard InChI is InChI=1S/C21H38N6O2/c1-5-7-8-18(6-2)15-22-21(23-16-20(28)25(3)4)27-12-10-26(11-13-27)17-19-9-14-29-24-19/h9,14,18H,5-8,10-13,15-17H2,1-4H3,(H,22,23). The van der Waals surface area contributed by atoms with Crippen LogP contribution in [-0.4, -0.2) is 85.1 Å². The van der Waals surface area contributed by atoms with E-state index in [1.54, 1.807) is 25.3 Å². The zero-order chi connectivity index (χ0) is 21.1. The summed E-state index contributed by atoms with van der Waals surface area (Å²) in [5.74, 6) is 1.52. The van der Waals surface area contributed by atoms with Crippen molar-refractivity contribution >= 4 is 11.9 Å². The predicted molar refractivity (Wildman–Crippen MR) is 116 cm³/mol. The number of hydrogen-bond acceptors (Lipinski definition) is 5. The first-order valence-electron chi connectivity index (χ1n) is 10.9. The highest BCUT2D eigenvalue weighted by Gasteiger charge is 2.21. The molecule has 0 saturated carbocycles. The van der Waals surface area contributed by atoms with Crippen molar-refractivity contribution in [3.05, 3.63) is 18.0 Å². The van der Waals surface area contributed by atoms with Crippen LogP contribution >= 0.6 is 0 Å². The van der Waals surface area contributed by atoms with Crippen molar-refractivity contribution in [2.24, 2.45) is 10.9 Å². The van der Waals surface area contributed by atoms with Gasteiger partial charge in [-0.25, -0.2) is 4.99 Å². The molecule has 1 aliphatic rings. The molecule has 1 amide bonds. The van der Waals surface area contributed by atoms with Gasteiger partial charge in [0.25, 0.3) is 0 Å². The van der Waals surface area contributed by atoms with Crippen LogP contribution < -0.4 is 5.32 Å². The van der Waals surface area contributed by atoms with Gasteiger partial charge in [-0.15, -0.1) is 0 Å². The van der Waals surface area contributed by atoms with Crippen molar-refractivity contribution in [2.45, 2.75) is 46.1 Å². The average molecular weight is 407 g/mol. The zero-order valence-corrected chi connectivity index (χ0v) is 18.6. The van der Waals surface area contributed by atoms with Gasteiger partial charge in [0.1, 0.15) is 12.8 Å². The summed E-state index contributed by atoms with van der Waals surface area (Å²) in [6.07, 6.45) is 6.48. The molecule has 0 aromatic carbocycles. The minimum atomic E-state index is 0.0204. The van der Waals surface area contributed by atoms with E-state index in [0.717, 1.165) is 57.3 Å². The number of amides is 1. The fraction of sp³-hybridized carbons (Fsp3) is 0.762. The summed E-state index contributed by atoms with van der Waals surface area (Å²) in [4.78, 5) is 22.9. The molecule has 1 saturated heterocycles. The van der Waals surface area contributed by atoms with Crippen LogP contribution in [-0.2, 0) is 11.3 Å². The second-order valence-corrected chi connectivity index (χ2v) is 7.98. The molecule has 1 unspecified atom stereocenters. The second-order valence-electron chi connectivity index (χ2n) is 7.98. The Hall–Kier alpha value is -2.09. The molecule has 2 heterocycles. The number of unbranched alkanes of at least 4 members (excludes halogenated alkanes) is 1. The molecule has 164 valence electrons. The average Bonchev–Trinajstić information content (AvgIpc) is 3.23. The van der Waals surface area contributed by atoms with Crippen LogP contribution in [0.5, 0.6) is 0 Å². The molecule has 1 atom stereocenters. The lowest BCUT2D eigenvalue weighted by molar-refractivity contribution is -0.127. The number of nitrogens with zero attached hydrogens (tertiary/aromatic N) is 5. The van der Waals surface area contributed by atoms with Gasteiger partial charge in [0.2, 0.25) is 5.91 Å². The summed E-state index contributed by atoms with van der Waals surface area (Å²) < 4.78 is 4.93. The summed E-state index contributed by atoms with van der Waals surface area (Å²) in [5.41, 5.74) is 0.962. The number of aromatic nitrogens is 1. The molecular formula is C21H38N6O2. The molecular weight excluding hydrogens is 368 g/mol. The van der Waals surface area contributed by atoms with E-state index in [2.05, 4.69) is 39.1 Å². The number of likely N-dealkylation sites (N-methyl/N-ethyl adjacent to an activating group) is 1. The van der Waals surface area contributed by atoms with E-state index in [4.69, 9.17) is 4.52 Å². The van der Waals surface area contributed by atoms with Crippen LogP contribution in [0, 0.1) is 5.92 Å². The molecule has 1 N–H and O–H groups in total. The summed E-state index contributed by atoms with van der Waals surface area (Å²) in [7, 11) is 3.54. The van der Waals surface area contributed by atoms with Crippen LogP contribution in [0.1, 0.15) is 45.2 Å². The molecule has 29 heavy (non-hydrogen) atoms. The van der Waals surface area contributed by atoms with Crippen molar-refractivity contribution in [1.29, 1.82) is 0 Å². The number of aliphatic imine (C=N–C) groups is 1. The van der Waals surface area contributed by atoms with Crippen molar-refractivity contribution in [3.63, 3.8) is 0 Å². The first-order chi connectivity index (χ1) is 14.0. The fourth-order valence-corrected chi connectivity index (χ4v) is 3.40. The normalized spacial score (nSPS) is 16.7. The third kappa shape index (κ3) is 8.04. The number of hydrogen-bond donors (Lipinski definition) is 1. The van der Waals surface area contributed by atoms with Crippen LogP contribution in [0.4, 0.5) is 0 Å². The van der Waals surface area contributed by atoms with Gasteiger partial charge >= 0.3 is 0 Å². The molecule has 1 fully saturated rings. The quantitative estimate of drug-likeness (QED) is 0.473. The van der Waals surface area contributed by atoms with Gasteiger partial charge in [-0.05, 0) is 12.3 Å². The maximum Gasteiger partial charge on any atom is 0.243 e. The van der Waals surface area contributed by atoms with Crippen LogP contribution in [0.2, 0.25) is 0 Å². The fourth-order valence-electron chi connectivity index (χ4n) is 3.40. The number of piperazine rings is 1. The molecule has 1 aromatic heterocycles. The zero-order valence-electron chi connectivity index (χ0n) is 18.6. The van der Waals surface area contributed by atoms with Gasteiger partial charge in [-0.3, -0.25) is 9.69 Å². The van der Waals surface area contributed by atoms with E-state index in [1.165, 1.54) is 19.3 Å². The van der Waals surface area contributed by atoms with Crippen LogP contribution in [0.3, 0.4) is 0 Å². The van der Waals surface area contributed by atoms with Crippen molar-refractivity contribution in [2.75, 3.05) is 53.4 Å². The Kier molecular flexibility index (Phi) is 9.97. The highest BCUT2D eigenvalue weighted by atomic mass is 16.5. The highest BCUT2D eigenvalue weighted by molar-refractivity contribution is 5.84. The second kappa shape index (κ2) is 12.5. The summed E-state index contributed by atoms with van der Waals surface area (Å²) in [5, 5.41) is 7.57. The summed E-state index contributed by atoms with van der Waals surface area (Å²) >= 11 is 0. The Balaban J connectivity index is 1.93. The minimum Gasteiger partial charge on any atom is -0.364 e. The molecule has 2 rings (SSSR count). The van der Waals surface area contributed by atoms with E-state index in [9.17, 15) is 4.79 Å². The largest absolute Gasteiger partial charge is 0.364 e. The van der Waals surface area contributed by atoms with Gasteiger partial charge in [0, 0.05) is 59.4 Å². The summed E-state index contributed by atoms with van der Waals surface area (Å²) in [6.45, 7) is 10.0. The van der Waals surface area contributed by atoms with E-state index in [-0.39, 0.29) is 12.5 Å². The number of nitrogens with one attached hydrogen (secondary N) is 1. The van der Waals surface area contributed by atoms with E-state index >= 15 is 0 Å². The third-order valence-electron chi connectivity index (χ3n) is 5.50. The Morgan fingerprint density at radius 1 is 1.31 bits per heavy atom. The first-order valence-corrected chi connectivity index (χ1v) is 10.9. The third-order valence-corrected chi connectivity index (χ3v) is 5.50.